The lowest BCUT2D eigenvalue weighted by Crippen LogP contribution is -3.15. The van der Waals surface area contributed by atoms with Crippen molar-refractivity contribution in [2.24, 2.45) is 0 Å². The molecule has 2 aromatic rings. The summed E-state index contributed by atoms with van der Waals surface area (Å²) in [7, 11) is 3.53. The summed E-state index contributed by atoms with van der Waals surface area (Å²) in [6, 6.07) is 7.81. The quantitative estimate of drug-likeness (QED) is 0.680. The largest absolute Gasteiger partial charge is 0.411 e. The van der Waals surface area contributed by atoms with E-state index < -0.39 is 0 Å². The normalized spacial score (nSPS) is 14.9. The smallest absolute Gasteiger partial charge is 0.277 e. The van der Waals surface area contributed by atoms with Crippen LogP contribution in [0.5, 0.6) is 0 Å². The van der Waals surface area contributed by atoms with Crippen LogP contribution >= 0.6 is 11.8 Å². The number of benzene rings is 1. The number of piperazine rings is 1. The summed E-state index contributed by atoms with van der Waals surface area (Å²) < 4.78 is 5.70. The van der Waals surface area contributed by atoms with Crippen molar-refractivity contribution in [2.45, 2.75) is 12.1 Å². The van der Waals surface area contributed by atoms with E-state index in [1.165, 1.54) is 16.7 Å². The number of hydrogen-bond donors (Lipinski definition) is 1. The highest BCUT2D eigenvalue weighted by molar-refractivity contribution is 7.99. The molecule has 2 amide bonds. The number of quaternary nitrogens is 1. The molecule has 1 aliphatic heterocycles. The van der Waals surface area contributed by atoms with Crippen LogP contribution in [0.15, 0.2) is 33.9 Å². The summed E-state index contributed by atoms with van der Waals surface area (Å²) in [5, 5.41) is 8.52. The van der Waals surface area contributed by atoms with Gasteiger partial charge in [0.25, 0.3) is 11.1 Å². The van der Waals surface area contributed by atoms with Crippen LogP contribution in [0.25, 0.3) is 11.5 Å². The van der Waals surface area contributed by atoms with Gasteiger partial charge in [0.05, 0.1) is 31.9 Å². The molecule has 0 unspecified atom stereocenters. The zero-order chi connectivity index (χ0) is 20.1. The van der Waals surface area contributed by atoms with E-state index in [9.17, 15) is 9.59 Å². The second-order valence-electron chi connectivity index (χ2n) is 7.07. The average molecular weight is 405 g/mol. The van der Waals surface area contributed by atoms with Gasteiger partial charge >= 0.3 is 0 Å². The standard InChI is InChI=1S/C19H25N5O3S/c1-14-6-4-5-7-15(14)18-20-21-19(27-18)28-13-17(26)24-10-8-23(9-11-24)12-16(25)22(2)3/h4-7H,8-13H2,1-3H3/p+1. The lowest BCUT2D eigenvalue weighted by atomic mass is 10.1. The number of carbonyl (C=O) groups is 2. The summed E-state index contributed by atoms with van der Waals surface area (Å²) >= 11 is 1.26. The number of nitrogens with one attached hydrogen (secondary N) is 1. The van der Waals surface area contributed by atoms with Gasteiger partial charge in [0, 0.05) is 19.7 Å². The molecule has 1 fully saturated rings. The zero-order valence-electron chi connectivity index (χ0n) is 16.5. The maximum atomic E-state index is 12.5. The molecule has 2 heterocycles. The minimum absolute atomic E-state index is 0.0543. The topological polar surface area (TPSA) is 84.0 Å². The molecule has 0 bridgehead atoms. The van der Waals surface area contributed by atoms with Gasteiger partial charge < -0.3 is 19.1 Å². The molecule has 0 radical (unpaired) electrons. The predicted octanol–water partition coefficient (Wildman–Crippen LogP) is -0.0476. The molecular weight excluding hydrogens is 378 g/mol. The summed E-state index contributed by atoms with van der Waals surface area (Å²) in [5.41, 5.74) is 1.96. The lowest BCUT2D eigenvalue weighted by molar-refractivity contribution is -0.896. The first-order valence-electron chi connectivity index (χ1n) is 9.28. The Morgan fingerprint density at radius 1 is 1.21 bits per heavy atom. The minimum Gasteiger partial charge on any atom is -0.411 e. The van der Waals surface area contributed by atoms with Crippen LogP contribution in [0.1, 0.15) is 5.56 Å². The van der Waals surface area contributed by atoms with E-state index in [1.54, 1.807) is 19.0 Å². The van der Waals surface area contributed by atoms with Crippen LogP contribution in [0.4, 0.5) is 0 Å². The fourth-order valence-corrected chi connectivity index (χ4v) is 3.69. The van der Waals surface area contributed by atoms with Gasteiger partial charge in [-0.15, -0.1) is 10.2 Å². The van der Waals surface area contributed by atoms with E-state index in [-0.39, 0.29) is 17.6 Å². The van der Waals surface area contributed by atoms with E-state index in [2.05, 4.69) is 10.2 Å². The number of rotatable bonds is 6. The van der Waals surface area contributed by atoms with E-state index in [0.29, 0.717) is 30.7 Å². The third kappa shape index (κ3) is 5.11. The van der Waals surface area contributed by atoms with Gasteiger partial charge in [-0.05, 0) is 18.6 Å². The number of amides is 2. The Labute approximate surface area is 168 Å². The second-order valence-corrected chi connectivity index (χ2v) is 8.00. The van der Waals surface area contributed by atoms with Crippen molar-refractivity contribution in [1.82, 2.24) is 20.0 Å². The molecule has 1 aliphatic rings. The maximum Gasteiger partial charge on any atom is 0.277 e. The Balaban J connectivity index is 1.47. The van der Waals surface area contributed by atoms with Crippen molar-refractivity contribution in [3.63, 3.8) is 0 Å². The SMILES string of the molecule is Cc1ccccc1-c1nnc(SCC(=O)N2CC[NH+](CC(=O)N(C)C)CC2)o1. The first kappa shape index (κ1) is 20.3. The molecule has 1 aromatic carbocycles. The number of nitrogens with zero attached hydrogens (tertiary/aromatic N) is 4. The Morgan fingerprint density at radius 2 is 1.93 bits per heavy atom. The van der Waals surface area contributed by atoms with Crippen LogP contribution in [-0.4, -0.2) is 84.4 Å². The molecule has 9 heteroatoms. The van der Waals surface area contributed by atoms with Gasteiger partial charge in [-0.3, -0.25) is 9.59 Å². The second kappa shape index (κ2) is 9.20. The van der Waals surface area contributed by atoms with Crippen LogP contribution in [0, 0.1) is 6.92 Å². The number of aryl methyl sites for hydroxylation is 1. The first-order valence-corrected chi connectivity index (χ1v) is 10.3. The number of aromatic nitrogens is 2. The van der Waals surface area contributed by atoms with Gasteiger partial charge in [0.15, 0.2) is 6.54 Å². The van der Waals surface area contributed by atoms with E-state index in [4.69, 9.17) is 4.42 Å². The number of likely N-dealkylation sites (N-methyl/N-ethyl adjacent to an activating group) is 1. The maximum absolute atomic E-state index is 12.5. The van der Waals surface area contributed by atoms with Crippen LogP contribution < -0.4 is 4.90 Å². The number of carbonyl (C=O) groups excluding carboxylic acids is 2. The molecule has 3 rings (SSSR count). The molecule has 1 aromatic heterocycles. The molecule has 8 nitrogen and oxygen atoms in total. The molecule has 28 heavy (non-hydrogen) atoms. The van der Waals surface area contributed by atoms with Crippen molar-refractivity contribution < 1.29 is 18.9 Å². The van der Waals surface area contributed by atoms with Crippen molar-refractivity contribution >= 4 is 23.6 Å². The summed E-state index contributed by atoms with van der Waals surface area (Å²) in [4.78, 5) is 28.9. The highest BCUT2D eigenvalue weighted by atomic mass is 32.2. The molecule has 0 atom stereocenters. The van der Waals surface area contributed by atoms with E-state index in [0.717, 1.165) is 24.2 Å². The van der Waals surface area contributed by atoms with E-state index >= 15 is 0 Å². The van der Waals surface area contributed by atoms with Gasteiger partial charge in [-0.2, -0.15) is 0 Å². The minimum atomic E-state index is 0.0543. The number of hydrogen-bond acceptors (Lipinski definition) is 6. The van der Waals surface area contributed by atoms with Gasteiger partial charge in [0.1, 0.15) is 0 Å². The van der Waals surface area contributed by atoms with Gasteiger partial charge in [-0.1, -0.05) is 30.0 Å². The first-order chi connectivity index (χ1) is 13.4. The highest BCUT2D eigenvalue weighted by Crippen LogP contribution is 2.25. The Morgan fingerprint density at radius 3 is 2.61 bits per heavy atom. The molecule has 1 saturated heterocycles. The van der Waals surface area contributed by atoms with Crippen molar-refractivity contribution in [2.75, 3.05) is 52.6 Å². The Bertz CT molecular complexity index is 830. The third-order valence-electron chi connectivity index (χ3n) is 4.82. The monoisotopic (exact) mass is 404 g/mol. The fraction of sp³-hybridized carbons (Fsp3) is 0.474. The Kier molecular flexibility index (Phi) is 6.69. The number of thioether (sulfide) groups is 1. The predicted molar refractivity (Wildman–Crippen MR) is 106 cm³/mol. The molecular formula is C19H26N5O3S+. The van der Waals surface area contributed by atoms with Gasteiger partial charge in [-0.25, -0.2) is 0 Å². The lowest BCUT2D eigenvalue weighted by Gasteiger charge is -2.32. The van der Waals surface area contributed by atoms with Gasteiger partial charge in [0.2, 0.25) is 11.8 Å². The summed E-state index contributed by atoms with van der Waals surface area (Å²) in [6.45, 7) is 5.36. The fourth-order valence-electron chi connectivity index (χ4n) is 3.03. The molecule has 0 saturated carbocycles. The summed E-state index contributed by atoms with van der Waals surface area (Å²) in [5.74, 6) is 0.905. The zero-order valence-corrected chi connectivity index (χ0v) is 17.3. The average Bonchev–Trinajstić information content (AvgIpc) is 3.15. The highest BCUT2D eigenvalue weighted by Gasteiger charge is 2.26. The van der Waals surface area contributed by atoms with Crippen LogP contribution in [0.2, 0.25) is 0 Å². The molecule has 0 spiro atoms. The third-order valence-corrected chi connectivity index (χ3v) is 5.63. The van der Waals surface area contributed by atoms with Crippen LogP contribution in [0.3, 0.4) is 0 Å². The molecule has 1 N–H and O–H groups in total. The molecule has 150 valence electrons. The van der Waals surface area contributed by atoms with Crippen LogP contribution in [-0.2, 0) is 9.59 Å². The van der Waals surface area contributed by atoms with E-state index in [1.807, 2.05) is 36.1 Å². The molecule has 0 aliphatic carbocycles. The Hall–Kier alpha value is -2.39. The summed E-state index contributed by atoms with van der Waals surface area (Å²) in [6.07, 6.45) is 0. The van der Waals surface area contributed by atoms with Crippen molar-refractivity contribution in [3.05, 3.63) is 29.8 Å². The van der Waals surface area contributed by atoms with Crippen molar-refractivity contribution in [3.8, 4) is 11.5 Å². The van der Waals surface area contributed by atoms with Crippen molar-refractivity contribution in [1.29, 1.82) is 0 Å².